The molecule has 0 saturated heterocycles. The monoisotopic (exact) mass is 319 g/mol. The summed E-state index contributed by atoms with van der Waals surface area (Å²) < 4.78 is 4.54. The number of methoxy groups -OCH3 is 1. The first-order chi connectivity index (χ1) is 9.43. The van der Waals surface area contributed by atoms with Crippen LogP contribution in [-0.4, -0.2) is 42.6 Å². The van der Waals surface area contributed by atoms with Crippen LogP contribution in [0.3, 0.4) is 0 Å². The fourth-order valence-electron chi connectivity index (χ4n) is 1.44. The number of aromatic nitrogens is 1. The van der Waals surface area contributed by atoms with Gasteiger partial charge in [0.05, 0.1) is 24.0 Å². The summed E-state index contributed by atoms with van der Waals surface area (Å²) in [7, 11) is 2.91. The van der Waals surface area contributed by atoms with Gasteiger partial charge >= 0.3 is 6.09 Å². The highest BCUT2D eigenvalue weighted by Gasteiger charge is 2.10. The number of halogens is 2. The molecule has 0 spiro atoms. The van der Waals surface area contributed by atoms with Crippen molar-refractivity contribution in [3.63, 3.8) is 0 Å². The Morgan fingerprint density at radius 2 is 2.15 bits per heavy atom. The summed E-state index contributed by atoms with van der Waals surface area (Å²) in [5.74, 6) is -0.214. The van der Waals surface area contributed by atoms with E-state index in [1.165, 1.54) is 24.3 Å². The molecule has 0 aromatic carbocycles. The predicted molar refractivity (Wildman–Crippen MR) is 77.2 cm³/mol. The van der Waals surface area contributed by atoms with Gasteiger partial charge in [-0.15, -0.1) is 0 Å². The Labute approximate surface area is 127 Å². The quantitative estimate of drug-likeness (QED) is 0.847. The molecule has 1 aromatic heterocycles. The van der Waals surface area contributed by atoms with Crippen molar-refractivity contribution in [2.45, 2.75) is 12.8 Å². The van der Waals surface area contributed by atoms with Crippen LogP contribution in [0, 0.1) is 0 Å². The van der Waals surface area contributed by atoms with E-state index in [2.05, 4.69) is 15.0 Å². The molecule has 0 bridgehead atoms. The van der Waals surface area contributed by atoms with Crippen LogP contribution in [0.5, 0.6) is 0 Å². The summed E-state index contributed by atoms with van der Waals surface area (Å²) in [6, 6.07) is 1.45. The zero-order chi connectivity index (χ0) is 15.1. The molecule has 0 aliphatic carbocycles. The zero-order valence-corrected chi connectivity index (χ0v) is 12.7. The second kappa shape index (κ2) is 7.91. The Balaban J connectivity index is 2.39. The van der Waals surface area contributed by atoms with Gasteiger partial charge in [0.25, 0.3) is 0 Å². The first kappa shape index (κ1) is 16.5. The van der Waals surface area contributed by atoms with E-state index in [4.69, 9.17) is 23.2 Å². The molecule has 110 valence electrons. The number of nitrogens with one attached hydrogen (secondary N) is 1. The third-order valence-electron chi connectivity index (χ3n) is 2.48. The van der Waals surface area contributed by atoms with E-state index >= 15 is 0 Å². The van der Waals surface area contributed by atoms with Gasteiger partial charge in [0.15, 0.2) is 0 Å². The van der Waals surface area contributed by atoms with Gasteiger partial charge in [-0.2, -0.15) is 0 Å². The maximum atomic E-state index is 11.7. The highest BCUT2D eigenvalue weighted by Crippen LogP contribution is 2.23. The number of pyridine rings is 1. The summed E-state index contributed by atoms with van der Waals surface area (Å²) in [5.41, 5.74) is 0.405. The molecule has 1 aromatic rings. The van der Waals surface area contributed by atoms with Gasteiger partial charge in [-0.25, -0.2) is 9.78 Å². The van der Waals surface area contributed by atoms with Crippen LogP contribution in [0.2, 0.25) is 10.2 Å². The molecule has 1 heterocycles. The van der Waals surface area contributed by atoms with E-state index in [9.17, 15) is 9.59 Å². The summed E-state index contributed by atoms with van der Waals surface area (Å²) in [6.45, 7) is 0.423. The van der Waals surface area contributed by atoms with Crippen molar-refractivity contribution >= 4 is 40.9 Å². The summed E-state index contributed by atoms with van der Waals surface area (Å²) >= 11 is 11.6. The average Bonchev–Trinajstić information content (AvgIpc) is 2.41. The van der Waals surface area contributed by atoms with Gasteiger partial charge in [0, 0.05) is 20.0 Å². The number of hydrogen-bond donors (Lipinski definition) is 1. The second-order valence-electron chi connectivity index (χ2n) is 4.03. The van der Waals surface area contributed by atoms with Crippen molar-refractivity contribution in [2.24, 2.45) is 0 Å². The highest BCUT2D eigenvalue weighted by molar-refractivity contribution is 6.36. The van der Waals surface area contributed by atoms with Crippen molar-refractivity contribution < 1.29 is 14.3 Å². The molecule has 0 unspecified atom stereocenters. The van der Waals surface area contributed by atoms with E-state index in [-0.39, 0.29) is 17.5 Å². The number of carbonyl (C=O) groups excluding carboxylic acids is 2. The zero-order valence-electron chi connectivity index (χ0n) is 11.2. The first-order valence-corrected chi connectivity index (χ1v) is 6.59. The molecule has 0 saturated carbocycles. The average molecular weight is 320 g/mol. The van der Waals surface area contributed by atoms with Crippen molar-refractivity contribution in [2.75, 3.05) is 26.0 Å². The lowest BCUT2D eigenvalue weighted by Gasteiger charge is -2.14. The predicted octanol–water partition coefficient (Wildman–Crippen LogP) is 2.81. The molecule has 1 N–H and O–H groups in total. The molecular formula is C12H15Cl2N3O3. The Morgan fingerprint density at radius 3 is 2.75 bits per heavy atom. The Kier molecular flexibility index (Phi) is 6.54. The fraction of sp³-hybridized carbons (Fsp3) is 0.417. The number of amides is 2. The van der Waals surface area contributed by atoms with Gasteiger partial charge in [0.1, 0.15) is 5.15 Å². The van der Waals surface area contributed by atoms with E-state index in [1.807, 2.05) is 0 Å². The largest absolute Gasteiger partial charge is 0.453 e. The number of anilines is 1. The molecule has 6 nitrogen and oxygen atoms in total. The fourth-order valence-corrected chi connectivity index (χ4v) is 1.85. The topological polar surface area (TPSA) is 71.5 Å². The van der Waals surface area contributed by atoms with Gasteiger partial charge < -0.3 is 15.0 Å². The van der Waals surface area contributed by atoms with Gasteiger partial charge in [-0.3, -0.25) is 4.79 Å². The normalized spacial score (nSPS) is 10.0. The van der Waals surface area contributed by atoms with E-state index in [0.29, 0.717) is 23.7 Å². The van der Waals surface area contributed by atoms with E-state index in [1.54, 1.807) is 7.05 Å². The molecule has 20 heavy (non-hydrogen) atoms. The Morgan fingerprint density at radius 1 is 1.45 bits per heavy atom. The molecule has 0 fully saturated rings. The maximum absolute atomic E-state index is 11.7. The Hall–Kier alpha value is -1.53. The standard InChI is InChI=1S/C12H15Cl2N3O3/c1-17(12(19)20-2)5-3-4-11(18)16-9-7-15-10(14)6-8(9)13/h6-7H,3-5H2,1-2H3,(H,16,18). The lowest BCUT2D eigenvalue weighted by Crippen LogP contribution is -2.28. The van der Waals surface area contributed by atoms with E-state index in [0.717, 1.165) is 0 Å². The maximum Gasteiger partial charge on any atom is 0.409 e. The highest BCUT2D eigenvalue weighted by atomic mass is 35.5. The first-order valence-electron chi connectivity index (χ1n) is 5.84. The SMILES string of the molecule is COC(=O)N(C)CCCC(=O)Nc1cnc(Cl)cc1Cl. The van der Waals surface area contributed by atoms with Crippen molar-refractivity contribution in [3.05, 3.63) is 22.4 Å². The van der Waals surface area contributed by atoms with Crippen LogP contribution in [0.15, 0.2) is 12.3 Å². The molecule has 0 aliphatic rings. The number of rotatable bonds is 5. The molecule has 0 radical (unpaired) electrons. The van der Waals surface area contributed by atoms with Crippen LogP contribution in [0.25, 0.3) is 0 Å². The molecular weight excluding hydrogens is 305 g/mol. The van der Waals surface area contributed by atoms with Crippen LogP contribution in [0.4, 0.5) is 10.5 Å². The number of hydrogen-bond acceptors (Lipinski definition) is 4. The molecule has 0 aliphatic heterocycles. The number of carbonyl (C=O) groups is 2. The summed E-state index contributed by atoms with van der Waals surface area (Å²) in [4.78, 5) is 28.1. The summed E-state index contributed by atoms with van der Waals surface area (Å²) in [5, 5.41) is 3.21. The van der Waals surface area contributed by atoms with Crippen LogP contribution >= 0.6 is 23.2 Å². The van der Waals surface area contributed by atoms with Gasteiger partial charge in [0.2, 0.25) is 5.91 Å². The lowest BCUT2D eigenvalue weighted by molar-refractivity contribution is -0.116. The third kappa shape index (κ3) is 5.22. The minimum Gasteiger partial charge on any atom is -0.453 e. The smallest absolute Gasteiger partial charge is 0.409 e. The third-order valence-corrected chi connectivity index (χ3v) is 3.00. The summed E-state index contributed by atoms with van der Waals surface area (Å²) in [6.07, 6.45) is 1.72. The van der Waals surface area contributed by atoms with E-state index < -0.39 is 6.09 Å². The lowest BCUT2D eigenvalue weighted by atomic mass is 10.2. The Bertz CT molecular complexity index is 497. The van der Waals surface area contributed by atoms with Crippen LogP contribution in [0.1, 0.15) is 12.8 Å². The minimum atomic E-state index is -0.435. The van der Waals surface area contributed by atoms with Crippen LogP contribution < -0.4 is 5.32 Å². The van der Waals surface area contributed by atoms with Crippen molar-refractivity contribution in [1.29, 1.82) is 0 Å². The second-order valence-corrected chi connectivity index (χ2v) is 4.82. The molecule has 2 amide bonds. The van der Waals surface area contributed by atoms with Gasteiger partial charge in [-0.1, -0.05) is 23.2 Å². The molecule has 0 atom stereocenters. The number of nitrogens with zero attached hydrogens (tertiary/aromatic N) is 2. The number of ether oxygens (including phenoxy) is 1. The van der Waals surface area contributed by atoms with Crippen molar-refractivity contribution in [3.8, 4) is 0 Å². The van der Waals surface area contributed by atoms with Gasteiger partial charge in [-0.05, 0) is 12.5 Å². The minimum absolute atomic E-state index is 0.214. The van der Waals surface area contributed by atoms with Crippen LogP contribution in [-0.2, 0) is 9.53 Å². The molecule has 1 rings (SSSR count). The molecule has 8 heteroatoms. The van der Waals surface area contributed by atoms with Crippen molar-refractivity contribution in [1.82, 2.24) is 9.88 Å².